The van der Waals surface area contributed by atoms with Crippen molar-refractivity contribution in [3.05, 3.63) is 42.0 Å². The van der Waals surface area contributed by atoms with Gasteiger partial charge in [-0.25, -0.2) is 0 Å². The average Bonchev–Trinajstić information content (AvgIpc) is 2.49. The number of hydrogen-bond acceptors (Lipinski definition) is 2. The molecule has 0 spiro atoms. The van der Waals surface area contributed by atoms with Crippen molar-refractivity contribution in [3.63, 3.8) is 0 Å². The summed E-state index contributed by atoms with van der Waals surface area (Å²) < 4.78 is 12.1. The third-order valence-electron chi connectivity index (χ3n) is 3.70. The van der Waals surface area contributed by atoms with E-state index in [0.29, 0.717) is 0 Å². The van der Waals surface area contributed by atoms with Crippen molar-refractivity contribution in [2.24, 2.45) is 0 Å². The second-order valence-corrected chi connectivity index (χ2v) is 8.59. The molecular weight excluding hydrogens is 252 g/mol. The van der Waals surface area contributed by atoms with Crippen LogP contribution in [0.2, 0.25) is 12.1 Å². The Kier molecular flexibility index (Phi) is 6.49. The lowest BCUT2D eigenvalue weighted by Crippen LogP contribution is -2.40. The van der Waals surface area contributed by atoms with Crippen LogP contribution in [0.25, 0.3) is 6.08 Å². The molecule has 1 rings (SSSR count). The van der Waals surface area contributed by atoms with Crippen molar-refractivity contribution in [2.45, 2.75) is 45.4 Å². The van der Waals surface area contributed by atoms with Crippen molar-refractivity contribution in [1.82, 2.24) is 0 Å². The Morgan fingerprint density at radius 3 is 2.42 bits per heavy atom. The molecule has 1 aromatic rings. The minimum Gasteiger partial charge on any atom is -0.398 e. The van der Waals surface area contributed by atoms with Crippen molar-refractivity contribution >= 4 is 14.6 Å². The highest BCUT2D eigenvalue weighted by molar-refractivity contribution is 6.67. The Balaban J connectivity index is 2.96. The quantitative estimate of drug-likeness (QED) is 0.628. The third kappa shape index (κ3) is 4.03. The summed E-state index contributed by atoms with van der Waals surface area (Å²) in [6.07, 6.45) is 2.95. The number of hydrogen-bond donors (Lipinski definition) is 0. The van der Waals surface area contributed by atoms with E-state index in [1.54, 1.807) is 7.11 Å². The van der Waals surface area contributed by atoms with Crippen LogP contribution < -0.4 is 0 Å². The van der Waals surface area contributed by atoms with Crippen LogP contribution in [0.3, 0.4) is 0 Å². The summed E-state index contributed by atoms with van der Waals surface area (Å²) in [4.78, 5) is 0. The van der Waals surface area contributed by atoms with Crippen molar-refractivity contribution in [2.75, 3.05) is 7.11 Å². The molecule has 1 atom stereocenters. The van der Waals surface area contributed by atoms with Gasteiger partial charge in [-0.3, -0.25) is 0 Å². The van der Waals surface area contributed by atoms with Crippen LogP contribution in [-0.4, -0.2) is 15.7 Å². The van der Waals surface area contributed by atoms with E-state index >= 15 is 0 Å². The Morgan fingerprint density at radius 1 is 1.26 bits per heavy atom. The molecule has 0 aliphatic rings. The Hall–Kier alpha value is -0.903. The maximum absolute atomic E-state index is 6.40. The van der Waals surface area contributed by atoms with E-state index in [1.165, 1.54) is 5.56 Å². The van der Waals surface area contributed by atoms with Crippen LogP contribution in [0.4, 0.5) is 0 Å². The Bertz CT molecular complexity index is 391. The molecule has 0 N–H and O–H groups in total. The van der Waals surface area contributed by atoms with Gasteiger partial charge in [0.2, 0.25) is 0 Å². The molecule has 1 aromatic carbocycles. The third-order valence-corrected chi connectivity index (χ3v) is 7.31. The minimum atomic E-state index is -2.04. The van der Waals surface area contributed by atoms with Gasteiger partial charge in [0.15, 0.2) is 0 Å². The molecule has 0 heterocycles. The summed E-state index contributed by atoms with van der Waals surface area (Å²) in [5.41, 5.74) is 2.35. The Morgan fingerprint density at radius 2 is 1.95 bits per heavy atom. The van der Waals surface area contributed by atoms with Gasteiger partial charge in [-0.1, -0.05) is 51.6 Å². The molecule has 19 heavy (non-hydrogen) atoms. The standard InChI is InChI=1S/C16H26O2Si/c1-6-14-11-10-12-15(13-14)16(7-2)18-19(8-3,9-4)17-5/h6,10-13,16H,1,7-9H2,2-5H3. The highest BCUT2D eigenvalue weighted by atomic mass is 28.4. The number of benzene rings is 1. The molecule has 106 valence electrons. The lowest BCUT2D eigenvalue weighted by molar-refractivity contribution is 0.126. The van der Waals surface area contributed by atoms with Gasteiger partial charge >= 0.3 is 8.56 Å². The van der Waals surface area contributed by atoms with Crippen LogP contribution in [-0.2, 0) is 8.85 Å². The fourth-order valence-electron chi connectivity index (χ4n) is 2.29. The van der Waals surface area contributed by atoms with Crippen molar-refractivity contribution < 1.29 is 8.85 Å². The van der Waals surface area contributed by atoms with Gasteiger partial charge in [0.1, 0.15) is 0 Å². The minimum absolute atomic E-state index is 0.117. The molecule has 0 saturated heterocycles. The zero-order valence-corrected chi connectivity index (χ0v) is 13.6. The summed E-state index contributed by atoms with van der Waals surface area (Å²) >= 11 is 0. The van der Waals surface area contributed by atoms with E-state index in [1.807, 2.05) is 6.08 Å². The molecule has 0 amide bonds. The van der Waals surface area contributed by atoms with Crippen LogP contribution >= 0.6 is 0 Å². The second kappa shape index (κ2) is 7.63. The molecule has 0 aliphatic heterocycles. The fraction of sp³-hybridized carbons (Fsp3) is 0.500. The smallest absolute Gasteiger partial charge is 0.337 e. The first kappa shape index (κ1) is 16.2. The molecule has 0 saturated carbocycles. The molecule has 1 unspecified atom stereocenters. The predicted molar refractivity (Wildman–Crippen MR) is 84.4 cm³/mol. The summed E-state index contributed by atoms with van der Waals surface area (Å²) in [5.74, 6) is 0. The number of rotatable bonds is 8. The molecule has 0 aliphatic carbocycles. The summed E-state index contributed by atoms with van der Waals surface area (Å²) in [6.45, 7) is 10.3. The van der Waals surface area contributed by atoms with E-state index in [0.717, 1.165) is 24.1 Å². The van der Waals surface area contributed by atoms with Crippen LogP contribution in [0.1, 0.15) is 44.4 Å². The zero-order valence-electron chi connectivity index (χ0n) is 12.6. The lowest BCUT2D eigenvalue weighted by atomic mass is 10.0. The first-order chi connectivity index (χ1) is 9.14. The van der Waals surface area contributed by atoms with Gasteiger partial charge in [-0.2, -0.15) is 0 Å². The van der Waals surface area contributed by atoms with Gasteiger partial charge in [-0.15, -0.1) is 0 Å². The normalized spacial score (nSPS) is 13.3. The highest BCUT2D eigenvalue weighted by Crippen LogP contribution is 2.30. The molecule has 2 nitrogen and oxygen atoms in total. The van der Waals surface area contributed by atoms with E-state index in [4.69, 9.17) is 8.85 Å². The van der Waals surface area contributed by atoms with Crippen molar-refractivity contribution in [1.29, 1.82) is 0 Å². The molecule has 0 radical (unpaired) electrons. The summed E-state index contributed by atoms with van der Waals surface area (Å²) in [7, 11) is -0.254. The van der Waals surface area contributed by atoms with E-state index in [9.17, 15) is 0 Å². The lowest BCUT2D eigenvalue weighted by Gasteiger charge is -2.32. The van der Waals surface area contributed by atoms with Gasteiger partial charge in [-0.05, 0) is 35.7 Å². The highest BCUT2D eigenvalue weighted by Gasteiger charge is 2.35. The van der Waals surface area contributed by atoms with E-state index < -0.39 is 8.56 Å². The SMILES string of the molecule is C=Cc1cccc(C(CC)O[Si](CC)(CC)OC)c1. The fourth-order valence-corrected chi connectivity index (χ4v) is 4.61. The van der Waals surface area contributed by atoms with Crippen molar-refractivity contribution in [3.8, 4) is 0 Å². The molecule has 3 heteroatoms. The van der Waals surface area contributed by atoms with Gasteiger partial charge in [0, 0.05) is 7.11 Å². The predicted octanol–water partition coefficient (Wildman–Crippen LogP) is 4.93. The molecule has 0 aromatic heterocycles. The average molecular weight is 278 g/mol. The summed E-state index contributed by atoms with van der Waals surface area (Å²) in [5, 5.41) is 0. The topological polar surface area (TPSA) is 18.5 Å². The first-order valence-corrected chi connectivity index (χ1v) is 9.33. The molecule has 0 fully saturated rings. The first-order valence-electron chi connectivity index (χ1n) is 7.10. The Labute approximate surface area is 118 Å². The maximum Gasteiger partial charge on any atom is 0.337 e. The van der Waals surface area contributed by atoms with E-state index in [2.05, 4.69) is 51.6 Å². The zero-order chi connectivity index (χ0) is 14.3. The van der Waals surface area contributed by atoms with Gasteiger partial charge in [0.05, 0.1) is 6.10 Å². The largest absolute Gasteiger partial charge is 0.398 e. The maximum atomic E-state index is 6.40. The van der Waals surface area contributed by atoms with Gasteiger partial charge in [0.25, 0.3) is 0 Å². The van der Waals surface area contributed by atoms with Crippen LogP contribution in [0.5, 0.6) is 0 Å². The van der Waals surface area contributed by atoms with Gasteiger partial charge < -0.3 is 8.85 Å². The van der Waals surface area contributed by atoms with Crippen LogP contribution in [0, 0.1) is 0 Å². The molecular formula is C16H26O2Si. The van der Waals surface area contributed by atoms with Crippen LogP contribution in [0.15, 0.2) is 30.8 Å². The van der Waals surface area contributed by atoms with E-state index in [-0.39, 0.29) is 6.10 Å². The molecule has 0 bridgehead atoms. The summed E-state index contributed by atoms with van der Waals surface area (Å²) in [6, 6.07) is 10.4. The monoisotopic (exact) mass is 278 g/mol. The second-order valence-electron chi connectivity index (χ2n) is 4.71.